The van der Waals surface area contributed by atoms with E-state index in [2.05, 4.69) is 52.7 Å². The number of oxazole rings is 1. The number of carbonyl (C=O) groups excluding carboxylic acids is 1. The van der Waals surface area contributed by atoms with Gasteiger partial charge >= 0.3 is 0 Å². The van der Waals surface area contributed by atoms with Crippen LogP contribution in [0.15, 0.2) is 38.2 Å². The lowest BCUT2D eigenvalue weighted by Gasteiger charge is -2.33. The normalized spacial score (nSPS) is 15.1. The highest BCUT2D eigenvalue weighted by Crippen LogP contribution is 2.26. The van der Waals surface area contributed by atoms with Gasteiger partial charge in [0.1, 0.15) is 5.76 Å². The van der Waals surface area contributed by atoms with E-state index in [1.54, 1.807) is 0 Å². The van der Waals surface area contributed by atoms with Crippen LogP contribution in [-0.4, -0.2) is 57.8 Å². The molecule has 9 heteroatoms. The predicted molar refractivity (Wildman–Crippen MR) is 135 cm³/mol. The van der Waals surface area contributed by atoms with Crippen LogP contribution in [0.1, 0.15) is 63.0 Å². The Kier molecular flexibility index (Phi) is 7.05. The maximum absolute atomic E-state index is 13.1. The largest absolute Gasteiger partial charge is 0.427 e. The smallest absolute Gasteiger partial charge is 0.299 e. The minimum Gasteiger partial charge on any atom is -0.427 e. The van der Waals surface area contributed by atoms with Crippen molar-refractivity contribution in [1.29, 1.82) is 0 Å². The Labute approximate surface area is 206 Å². The number of amides is 1. The first-order valence-electron chi connectivity index (χ1n) is 12.1. The van der Waals surface area contributed by atoms with Crippen LogP contribution in [0, 0.1) is 12.3 Å². The zero-order chi connectivity index (χ0) is 25.2. The second kappa shape index (κ2) is 10.0. The maximum atomic E-state index is 13.1. The van der Waals surface area contributed by atoms with Gasteiger partial charge in [0.2, 0.25) is 11.7 Å². The van der Waals surface area contributed by atoms with Gasteiger partial charge in [0, 0.05) is 49.4 Å². The average molecular weight is 479 g/mol. The van der Waals surface area contributed by atoms with E-state index >= 15 is 0 Å². The Morgan fingerprint density at radius 3 is 2.40 bits per heavy atom. The summed E-state index contributed by atoms with van der Waals surface area (Å²) in [5.41, 5.74) is 2.55. The van der Waals surface area contributed by atoms with Gasteiger partial charge in [-0.3, -0.25) is 4.79 Å². The molecule has 1 amide bonds. The molecule has 0 atom stereocenters. The quantitative estimate of drug-likeness (QED) is 0.455. The van der Waals surface area contributed by atoms with Crippen molar-refractivity contribution in [3.63, 3.8) is 0 Å². The molecule has 9 nitrogen and oxygen atoms in total. The van der Waals surface area contributed by atoms with Gasteiger partial charge in [-0.15, -0.1) is 0 Å². The maximum Gasteiger partial charge on any atom is 0.299 e. The minimum absolute atomic E-state index is 0.00479. The summed E-state index contributed by atoms with van der Waals surface area (Å²) in [6.45, 7) is 14.8. The summed E-state index contributed by atoms with van der Waals surface area (Å²) in [6, 6.07) is 7.94. The highest BCUT2D eigenvalue weighted by molar-refractivity contribution is 5.94. The van der Waals surface area contributed by atoms with Gasteiger partial charge in [0.15, 0.2) is 5.82 Å². The minimum atomic E-state index is 0.00479. The molecule has 186 valence electrons. The zero-order valence-electron chi connectivity index (χ0n) is 21.5. The molecular weight excluding hydrogens is 444 g/mol. The lowest BCUT2D eigenvalue weighted by molar-refractivity contribution is 0.0745. The Balaban J connectivity index is 1.36. The van der Waals surface area contributed by atoms with Crippen LogP contribution in [0.25, 0.3) is 11.4 Å². The van der Waals surface area contributed by atoms with E-state index in [0.717, 1.165) is 17.7 Å². The molecule has 0 spiro atoms. The van der Waals surface area contributed by atoms with Gasteiger partial charge in [0.25, 0.3) is 11.9 Å². The van der Waals surface area contributed by atoms with Crippen molar-refractivity contribution in [2.24, 2.45) is 10.4 Å². The number of benzene rings is 1. The number of hydrogen-bond donors (Lipinski definition) is 0. The van der Waals surface area contributed by atoms with Crippen molar-refractivity contribution in [3.8, 4) is 11.4 Å². The first-order chi connectivity index (χ1) is 16.6. The van der Waals surface area contributed by atoms with E-state index < -0.39 is 0 Å². The van der Waals surface area contributed by atoms with E-state index in [-0.39, 0.29) is 11.3 Å². The molecule has 0 N–H and O–H groups in total. The molecule has 4 rings (SSSR count). The summed E-state index contributed by atoms with van der Waals surface area (Å²) >= 11 is 0. The fraction of sp³-hybridized carbons (Fsp3) is 0.500. The summed E-state index contributed by atoms with van der Waals surface area (Å²) in [5.74, 6) is 2.50. The van der Waals surface area contributed by atoms with Gasteiger partial charge in [-0.1, -0.05) is 45.0 Å². The summed E-state index contributed by atoms with van der Waals surface area (Å²) in [5, 5.41) is 4.09. The molecule has 3 heterocycles. The van der Waals surface area contributed by atoms with Gasteiger partial charge in [-0.05, 0) is 37.8 Å². The molecule has 35 heavy (non-hydrogen) atoms. The Morgan fingerprint density at radius 1 is 1.09 bits per heavy atom. The summed E-state index contributed by atoms with van der Waals surface area (Å²) in [6.07, 6.45) is 1.58. The summed E-state index contributed by atoms with van der Waals surface area (Å²) in [4.78, 5) is 30.6. The van der Waals surface area contributed by atoms with E-state index in [1.165, 1.54) is 0 Å². The fourth-order valence-corrected chi connectivity index (χ4v) is 3.82. The highest BCUT2D eigenvalue weighted by atomic mass is 16.5. The molecule has 0 aliphatic carbocycles. The van der Waals surface area contributed by atoms with Crippen LogP contribution in [0.3, 0.4) is 0 Å². The molecule has 1 saturated heterocycles. The lowest BCUT2D eigenvalue weighted by Crippen LogP contribution is -2.48. The molecule has 2 aromatic heterocycles. The number of nitrogens with zero attached hydrogens (tertiary/aromatic N) is 6. The topological polar surface area (TPSA) is 101 Å². The summed E-state index contributed by atoms with van der Waals surface area (Å²) < 4.78 is 11.2. The number of aliphatic imine (C=N–C) groups is 1. The van der Waals surface area contributed by atoms with E-state index in [0.29, 0.717) is 67.5 Å². The number of piperazine rings is 1. The number of aromatic nitrogens is 3. The molecular formula is C26H34N6O3. The molecule has 0 radical (unpaired) electrons. The molecule has 3 aromatic rings. The SMILES string of the molecule is CC/C(C)=N\c1nc(N2CCN(C(=O)c3ccc(-c4noc(CC(C)(C)C)n4)cc3)CC2)oc1C. The van der Waals surface area contributed by atoms with Crippen LogP contribution < -0.4 is 4.90 Å². The van der Waals surface area contributed by atoms with Gasteiger partial charge in [-0.2, -0.15) is 9.97 Å². The standard InChI is InChI=1S/C26H34N6O3/c1-7-17(2)27-22-18(3)34-25(29-22)32-14-12-31(13-15-32)24(33)20-10-8-19(9-11-20)23-28-21(35-30-23)16-26(4,5)6/h8-11H,7,12-16H2,1-6H3/b27-17-. The lowest BCUT2D eigenvalue weighted by atomic mass is 9.92. The van der Waals surface area contributed by atoms with E-state index in [9.17, 15) is 4.79 Å². The first-order valence-corrected chi connectivity index (χ1v) is 12.1. The monoisotopic (exact) mass is 478 g/mol. The highest BCUT2D eigenvalue weighted by Gasteiger charge is 2.25. The molecule has 0 bridgehead atoms. The molecule has 1 aromatic carbocycles. The third-order valence-corrected chi connectivity index (χ3v) is 5.95. The Hall–Kier alpha value is -3.49. The molecule has 0 saturated carbocycles. The Morgan fingerprint density at radius 2 is 1.77 bits per heavy atom. The predicted octanol–water partition coefficient (Wildman–Crippen LogP) is 5.09. The van der Waals surface area contributed by atoms with Crippen LogP contribution >= 0.6 is 0 Å². The Bertz CT molecular complexity index is 1190. The number of hydrogen-bond acceptors (Lipinski definition) is 8. The molecule has 1 fully saturated rings. The van der Waals surface area contributed by atoms with Crippen LogP contribution in [0.4, 0.5) is 11.8 Å². The number of aryl methyl sites for hydroxylation is 1. The van der Waals surface area contributed by atoms with Crippen molar-refractivity contribution in [3.05, 3.63) is 41.5 Å². The first kappa shape index (κ1) is 24.6. The van der Waals surface area contributed by atoms with Crippen molar-refractivity contribution < 1.29 is 13.7 Å². The number of anilines is 1. The van der Waals surface area contributed by atoms with Crippen molar-refractivity contribution in [2.75, 3.05) is 31.1 Å². The fourth-order valence-electron chi connectivity index (χ4n) is 3.82. The molecule has 1 aliphatic rings. The third kappa shape index (κ3) is 5.96. The molecule has 0 unspecified atom stereocenters. The second-order valence-corrected chi connectivity index (χ2v) is 10.2. The van der Waals surface area contributed by atoms with Crippen molar-refractivity contribution >= 4 is 23.5 Å². The molecule has 1 aliphatic heterocycles. The van der Waals surface area contributed by atoms with Gasteiger partial charge in [-0.25, -0.2) is 4.99 Å². The average Bonchev–Trinajstić information content (AvgIpc) is 3.44. The summed E-state index contributed by atoms with van der Waals surface area (Å²) in [7, 11) is 0. The van der Waals surface area contributed by atoms with Crippen LogP contribution in [-0.2, 0) is 6.42 Å². The van der Waals surface area contributed by atoms with Crippen LogP contribution in [0.5, 0.6) is 0 Å². The van der Waals surface area contributed by atoms with E-state index in [4.69, 9.17) is 8.94 Å². The van der Waals surface area contributed by atoms with Crippen LogP contribution in [0.2, 0.25) is 0 Å². The van der Waals surface area contributed by atoms with Crippen molar-refractivity contribution in [2.45, 2.75) is 54.4 Å². The number of rotatable bonds is 6. The third-order valence-electron chi connectivity index (χ3n) is 5.95. The zero-order valence-corrected chi connectivity index (χ0v) is 21.5. The second-order valence-electron chi connectivity index (χ2n) is 10.2. The number of carbonyl (C=O) groups is 1. The van der Waals surface area contributed by atoms with E-state index in [1.807, 2.05) is 43.0 Å². The van der Waals surface area contributed by atoms with Gasteiger partial charge < -0.3 is 18.7 Å². The van der Waals surface area contributed by atoms with Gasteiger partial charge in [0.05, 0.1) is 0 Å². The van der Waals surface area contributed by atoms with Crippen molar-refractivity contribution in [1.82, 2.24) is 20.0 Å².